The van der Waals surface area contributed by atoms with Gasteiger partial charge in [0, 0.05) is 17.1 Å². The third-order valence-electron chi connectivity index (χ3n) is 14.4. The van der Waals surface area contributed by atoms with Crippen LogP contribution in [0.3, 0.4) is 0 Å². The van der Waals surface area contributed by atoms with Crippen LogP contribution in [-0.4, -0.2) is 0 Å². The van der Waals surface area contributed by atoms with Crippen molar-refractivity contribution in [1.29, 1.82) is 0 Å². The standard InChI is InChI=1S/C71H49N/c1-5-18-50(19-6-1)59-46-60(51-20-7-2-8-21-51)48-61(47-59)54-36-40-65(41-37-54)72(64-38-34-53(35-39-64)56-24-17-25-57(44-56)58-33-32-52-22-13-14-23-55(52)45-58)66-42-43-68-67-30-15-16-31-69(67)71(70(68)49-66,62-26-9-3-10-27-62)63-28-11-4-12-29-63/h1-49H/i34D,35D,38D,39D. The summed E-state index contributed by atoms with van der Waals surface area (Å²) in [7, 11) is 0. The lowest BCUT2D eigenvalue weighted by Gasteiger charge is -2.35. The molecule has 338 valence electrons. The molecule has 0 aliphatic heterocycles. The molecule has 12 aromatic rings. The summed E-state index contributed by atoms with van der Waals surface area (Å²) < 4.78 is 39.7. The van der Waals surface area contributed by atoms with Crippen molar-refractivity contribution in [3.63, 3.8) is 0 Å². The number of anilines is 3. The topological polar surface area (TPSA) is 3.24 Å². The summed E-state index contributed by atoms with van der Waals surface area (Å²) >= 11 is 0. The first-order valence-electron chi connectivity index (χ1n) is 26.6. The van der Waals surface area contributed by atoms with Crippen LogP contribution in [-0.2, 0) is 5.41 Å². The lowest BCUT2D eigenvalue weighted by Crippen LogP contribution is -2.28. The van der Waals surface area contributed by atoms with Gasteiger partial charge >= 0.3 is 0 Å². The number of benzene rings is 12. The first-order valence-corrected chi connectivity index (χ1v) is 24.6. The molecule has 0 spiro atoms. The van der Waals surface area contributed by atoms with Gasteiger partial charge in [-0.3, -0.25) is 0 Å². The minimum absolute atomic E-state index is 0.115. The van der Waals surface area contributed by atoms with Gasteiger partial charge in [-0.05, 0) is 166 Å². The van der Waals surface area contributed by atoms with E-state index in [0.29, 0.717) is 16.9 Å². The average molecular weight is 920 g/mol. The smallest absolute Gasteiger partial charge is 0.0714 e. The van der Waals surface area contributed by atoms with Crippen molar-refractivity contribution in [1.82, 2.24) is 0 Å². The molecule has 13 rings (SSSR count). The summed E-state index contributed by atoms with van der Waals surface area (Å²) in [6.07, 6.45) is 0. The van der Waals surface area contributed by atoms with Crippen molar-refractivity contribution in [2.75, 3.05) is 4.90 Å². The molecule has 0 aromatic heterocycles. The molecule has 1 aliphatic rings. The minimum atomic E-state index is -0.713. The largest absolute Gasteiger partial charge is 0.310 e. The van der Waals surface area contributed by atoms with Crippen LogP contribution in [0.25, 0.3) is 77.5 Å². The summed E-state index contributed by atoms with van der Waals surface area (Å²) in [4.78, 5) is 1.93. The quantitative estimate of drug-likeness (QED) is 0.132. The first-order chi connectivity index (χ1) is 37.3. The SMILES string of the molecule is [2H]c1c([2H])c(N(c2ccc(-c3cc(-c4ccccc4)cc(-c4ccccc4)c3)cc2)c2ccc3c(c2)C(c2ccccc2)(c2ccccc2)c2ccccc2-3)c([2H])c([2H])c1-c1cccc(-c2ccc3ccccc3c2)c1. The number of fused-ring (bicyclic) bond motifs is 4. The highest BCUT2D eigenvalue weighted by Gasteiger charge is 2.46. The monoisotopic (exact) mass is 919 g/mol. The van der Waals surface area contributed by atoms with Crippen molar-refractivity contribution in [2.45, 2.75) is 5.41 Å². The molecule has 0 radical (unpaired) electrons. The first kappa shape index (κ1) is 38.5. The molecular formula is C71H49N. The Morgan fingerprint density at radius 1 is 0.250 bits per heavy atom. The Hall–Kier alpha value is -9.30. The highest BCUT2D eigenvalue weighted by atomic mass is 15.1. The summed E-state index contributed by atoms with van der Waals surface area (Å²) in [5, 5.41) is 2.26. The predicted molar refractivity (Wildman–Crippen MR) is 303 cm³/mol. The van der Waals surface area contributed by atoms with Gasteiger partial charge in [0.05, 0.1) is 10.9 Å². The van der Waals surface area contributed by atoms with Crippen molar-refractivity contribution in [3.05, 3.63) is 319 Å². The second-order valence-corrected chi connectivity index (χ2v) is 18.5. The molecule has 0 saturated heterocycles. The Bertz CT molecular complexity index is 4010. The third kappa shape index (κ3) is 7.60. The van der Waals surface area contributed by atoms with Gasteiger partial charge in [0.15, 0.2) is 0 Å². The number of nitrogens with zero attached hydrogens (tertiary/aromatic N) is 1. The van der Waals surface area contributed by atoms with Crippen LogP contribution in [0.1, 0.15) is 27.7 Å². The van der Waals surface area contributed by atoms with Crippen LogP contribution in [0.5, 0.6) is 0 Å². The molecule has 0 bridgehead atoms. The molecule has 0 unspecified atom stereocenters. The Balaban J connectivity index is 1.01. The molecule has 0 heterocycles. The summed E-state index contributed by atoms with van der Waals surface area (Å²) in [5.74, 6) is 0. The molecule has 12 aromatic carbocycles. The van der Waals surface area contributed by atoms with Crippen LogP contribution in [0.4, 0.5) is 17.1 Å². The van der Waals surface area contributed by atoms with E-state index in [1.807, 2.05) is 65.6 Å². The summed E-state index contributed by atoms with van der Waals surface area (Å²) in [6.45, 7) is 0. The zero-order valence-electron chi connectivity index (χ0n) is 43.4. The fraction of sp³-hybridized carbons (Fsp3) is 0.0141. The Morgan fingerprint density at radius 2 is 0.694 bits per heavy atom. The molecule has 0 N–H and O–H groups in total. The van der Waals surface area contributed by atoms with Gasteiger partial charge in [0.2, 0.25) is 0 Å². The van der Waals surface area contributed by atoms with E-state index in [4.69, 9.17) is 0 Å². The van der Waals surface area contributed by atoms with Crippen molar-refractivity contribution in [3.8, 4) is 66.8 Å². The second-order valence-electron chi connectivity index (χ2n) is 18.5. The second kappa shape index (κ2) is 18.2. The van der Waals surface area contributed by atoms with Crippen LogP contribution >= 0.6 is 0 Å². The highest BCUT2D eigenvalue weighted by molar-refractivity contribution is 5.91. The molecule has 0 amide bonds. The van der Waals surface area contributed by atoms with Gasteiger partial charge in [0.1, 0.15) is 0 Å². The molecule has 0 atom stereocenters. The van der Waals surface area contributed by atoms with Gasteiger partial charge in [-0.15, -0.1) is 0 Å². The van der Waals surface area contributed by atoms with Crippen LogP contribution < -0.4 is 4.90 Å². The van der Waals surface area contributed by atoms with E-state index >= 15 is 0 Å². The van der Waals surface area contributed by atoms with E-state index in [0.717, 1.165) is 83.1 Å². The van der Waals surface area contributed by atoms with E-state index in [2.05, 4.69) is 212 Å². The molecule has 72 heavy (non-hydrogen) atoms. The van der Waals surface area contributed by atoms with Crippen LogP contribution in [0.2, 0.25) is 0 Å². The molecular weight excluding hydrogens is 867 g/mol. The van der Waals surface area contributed by atoms with E-state index < -0.39 is 5.41 Å². The van der Waals surface area contributed by atoms with Crippen LogP contribution in [0.15, 0.2) is 297 Å². The molecule has 1 heteroatoms. The lowest BCUT2D eigenvalue weighted by atomic mass is 9.67. The molecule has 1 nitrogen and oxygen atoms in total. The fourth-order valence-corrected chi connectivity index (χ4v) is 11.0. The maximum Gasteiger partial charge on any atom is 0.0714 e. The normalized spacial score (nSPS) is 13.1. The molecule has 1 aliphatic carbocycles. The zero-order valence-corrected chi connectivity index (χ0v) is 39.4. The molecule has 0 fully saturated rings. The van der Waals surface area contributed by atoms with Gasteiger partial charge < -0.3 is 4.90 Å². The summed E-state index contributed by atoms with van der Waals surface area (Å²) in [6, 6.07) is 94.2. The minimum Gasteiger partial charge on any atom is -0.310 e. The third-order valence-corrected chi connectivity index (χ3v) is 14.4. The predicted octanol–water partition coefficient (Wildman–Crippen LogP) is 19.0. The zero-order chi connectivity index (χ0) is 51.3. The van der Waals surface area contributed by atoms with E-state index in [1.165, 1.54) is 5.56 Å². The summed E-state index contributed by atoms with van der Waals surface area (Å²) in [5.41, 5.74) is 16.8. The van der Waals surface area contributed by atoms with E-state index in [9.17, 15) is 5.48 Å². The van der Waals surface area contributed by atoms with Gasteiger partial charge in [-0.25, -0.2) is 0 Å². The molecule has 0 saturated carbocycles. The number of rotatable bonds is 10. The van der Waals surface area contributed by atoms with Crippen molar-refractivity contribution < 1.29 is 5.48 Å². The van der Waals surface area contributed by atoms with E-state index in [1.54, 1.807) is 0 Å². The Labute approximate surface area is 427 Å². The van der Waals surface area contributed by atoms with Crippen LogP contribution in [0, 0.1) is 0 Å². The lowest BCUT2D eigenvalue weighted by molar-refractivity contribution is 0.768. The maximum absolute atomic E-state index is 10.0. The number of hydrogen-bond acceptors (Lipinski definition) is 1. The van der Waals surface area contributed by atoms with Gasteiger partial charge in [0.25, 0.3) is 0 Å². The highest BCUT2D eigenvalue weighted by Crippen LogP contribution is 2.57. The Morgan fingerprint density at radius 3 is 1.32 bits per heavy atom. The van der Waals surface area contributed by atoms with Crippen molar-refractivity contribution in [2.24, 2.45) is 0 Å². The maximum atomic E-state index is 10.0. The fourth-order valence-electron chi connectivity index (χ4n) is 11.0. The van der Waals surface area contributed by atoms with Crippen molar-refractivity contribution >= 4 is 27.8 Å². The van der Waals surface area contributed by atoms with Gasteiger partial charge in [-0.1, -0.05) is 230 Å². The average Bonchev–Trinajstić information content (AvgIpc) is 3.98. The van der Waals surface area contributed by atoms with Gasteiger partial charge in [-0.2, -0.15) is 0 Å². The van der Waals surface area contributed by atoms with E-state index in [-0.39, 0.29) is 35.4 Å². The Kier molecular flexibility index (Phi) is 9.75. The number of hydrogen-bond donors (Lipinski definition) is 0.